The minimum Gasteiger partial charge on any atom is -0.497 e. The first-order valence-electron chi connectivity index (χ1n) is 4.97. The van der Waals surface area contributed by atoms with E-state index in [-0.39, 0.29) is 0 Å². The van der Waals surface area contributed by atoms with Crippen LogP contribution in [0.1, 0.15) is 6.42 Å². The van der Waals surface area contributed by atoms with E-state index in [4.69, 9.17) is 16.3 Å². The summed E-state index contributed by atoms with van der Waals surface area (Å²) in [5, 5.41) is 4.18. The summed E-state index contributed by atoms with van der Waals surface area (Å²) in [5.74, 6) is 3.21. The van der Waals surface area contributed by atoms with Crippen LogP contribution in [0.3, 0.4) is 0 Å². The van der Waals surface area contributed by atoms with Gasteiger partial charge in [-0.1, -0.05) is 11.6 Å². The maximum atomic E-state index is 6.14. The van der Waals surface area contributed by atoms with Crippen LogP contribution in [0.4, 0.5) is 5.69 Å². The lowest BCUT2D eigenvalue weighted by atomic mass is 10.2. The van der Waals surface area contributed by atoms with Gasteiger partial charge >= 0.3 is 0 Å². The molecule has 4 heteroatoms. The Morgan fingerprint density at radius 1 is 1.53 bits per heavy atom. The van der Waals surface area contributed by atoms with Crippen LogP contribution >= 0.6 is 23.4 Å². The monoisotopic (exact) mass is 243 g/mol. The van der Waals surface area contributed by atoms with E-state index >= 15 is 0 Å². The topological polar surface area (TPSA) is 21.3 Å². The van der Waals surface area contributed by atoms with Gasteiger partial charge in [0, 0.05) is 17.9 Å². The molecular weight excluding hydrogens is 230 g/mol. The van der Waals surface area contributed by atoms with E-state index in [1.807, 2.05) is 30.0 Å². The fourth-order valence-corrected chi connectivity index (χ4v) is 2.99. The third-order valence-corrected chi connectivity index (χ3v) is 3.94. The van der Waals surface area contributed by atoms with Gasteiger partial charge in [0.1, 0.15) is 5.75 Å². The van der Waals surface area contributed by atoms with Gasteiger partial charge in [-0.25, -0.2) is 0 Å². The number of nitrogens with one attached hydrogen (secondary N) is 1. The molecule has 1 aliphatic rings. The van der Waals surface area contributed by atoms with Crippen molar-refractivity contribution in [3.05, 3.63) is 23.2 Å². The highest BCUT2D eigenvalue weighted by atomic mass is 35.5. The van der Waals surface area contributed by atoms with Crippen molar-refractivity contribution in [1.82, 2.24) is 0 Å². The van der Waals surface area contributed by atoms with Gasteiger partial charge in [-0.3, -0.25) is 0 Å². The van der Waals surface area contributed by atoms with Crippen molar-refractivity contribution in [3.8, 4) is 5.75 Å². The molecule has 15 heavy (non-hydrogen) atoms. The van der Waals surface area contributed by atoms with E-state index in [1.165, 1.54) is 17.9 Å². The molecule has 0 saturated carbocycles. The van der Waals surface area contributed by atoms with Crippen molar-refractivity contribution in [3.63, 3.8) is 0 Å². The molecule has 1 unspecified atom stereocenters. The highest BCUT2D eigenvalue weighted by Gasteiger charge is 2.16. The number of benzene rings is 1. The van der Waals surface area contributed by atoms with Gasteiger partial charge < -0.3 is 10.1 Å². The predicted octanol–water partition coefficient (Wildman–Crippen LogP) is 3.27. The Morgan fingerprint density at radius 3 is 3.00 bits per heavy atom. The number of anilines is 1. The van der Waals surface area contributed by atoms with Gasteiger partial charge in [0.2, 0.25) is 0 Å². The molecule has 0 bridgehead atoms. The predicted molar refractivity (Wildman–Crippen MR) is 67.4 cm³/mol. The van der Waals surface area contributed by atoms with Gasteiger partial charge in [-0.2, -0.15) is 11.8 Å². The highest BCUT2D eigenvalue weighted by Crippen LogP contribution is 2.29. The van der Waals surface area contributed by atoms with Crippen LogP contribution in [0, 0.1) is 0 Å². The minimum atomic E-state index is 0.556. The first kappa shape index (κ1) is 11.0. The minimum absolute atomic E-state index is 0.556. The van der Waals surface area contributed by atoms with Crippen LogP contribution in [0.15, 0.2) is 18.2 Å². The second-order valence-electron chi connectivity index (χ2n) is 3.55. The summed E-state index contributed by atoms with van der Waals surface area (Å²) in [7, 11) is 1.65. The lowest BCUT2D eigenvalue weighted by Crippen LogP contribution is -2.18. The zero-order chi connectivity index (χ0) is 10.7. The lowest BCUT2D eigenvalue weighted by Gasteiger charge is -2.14. The summed E-state index contributed by atoms with van der Waals surface area (Å²) in [4.78, 5) is 0. The van der Waals surface area contributed by atoms with Crippen molar-refractivity contribution in [2.24, 2.45) is 0 Å². The largest absolute Gasteiger partial charge is 0.497 e. The zero-order valence-corrected chi connectivity index (χ0v) is 10.2. The van der Waals surface area contributed by atoms with Crippen LogP contribution in [-0.2, 0) is 0 Å². The van der Waals surface area contributed by atoms with Gasteiger partial charge in [-0.15, -0.1) is 0 Å². The Bertz CT molecular complexity index is 339. The number of hydrogen-bond donors (Lipinski definition) is 1. The molecule has 1 heterocycles. The molecule has 2 nitrogen and oxygen atoms in total. The fraction of sp³-hybridized carbons (Fsp3) is 0.455. The van der Waals surface area contributed by atoms with Crippen LogP contribution < -0.4 is 10.1 Å². The standard InChI is InChI=1S/C11H14ClNOS/c1-14-9-2-3-11(10(12)6-9)13-8-4-5-15-7-8/h2-3,6,8,13H,4-5,7H2,1H3. The van der Waals surface area contributed by atoms with Crippen molar-refractivity contribution >= 4 is 29.1 Å². The SMILES string of the molecule is COc1ccc(NC2CCSC2)c(Cl)c1. The van der Waals surface area contributed by atoms with E-state index < -0.39 is 0 Å². The first-order valence-corrected chi connectivity index (χ1v) is 6.50. The average molecular weight is 244 g/mol. The summed E-state index contributed by atoms with van der Waals surface area (Å²) in [6.07, 6.45) is 1.22. The summed E-state index contributed by atoms with van der Waals surface area (Å²) in [6.45, 7) is 0. The molecule has 1 N–H and O–H groups in total. The molecule has 1 atom stereocenters. The third-order valence-electron chi connectivity index (χ3n) is 2.47. The van der Waals surface area contributed by atoms with Crippen LogP contribution in [-0.4, -0.2) is 24.7 Å². The zero-order valence-electron chi connectivity index (χ0n) is 8.63. The van der Waals surface area contributed by atoms with E-state index in [0.717, 1.165) is 16.5 Å². The van der Waals surface area contributed by atoms with Gasteiger partial charge in [-0.05, 0) is 24.3 Å². The number of methoxy groups -OCH3 is 1. The van der Waals surface area contributed by atoms with Crippen molar-refractivity contribution in [2.75, 3.05) is 23.9 Å². The quantitative estimate of drug-likeness (QED) is 0.881. The van der Waals surface area contributed by atoms with Crippen LogP contribution in [0.5, 0.6) is 5.75 Å². The van der Waals surface area contributed by atoms with Crippen molar-refractivity contribution < 1.29 is 4.74 Å². The first-order chi connectivity index (χ1) is 7.29. The number of halogens is 1. The molecule has 0 radical (unpaired) electrons. The molecular formula is C11H14ClNOS. The Hall–Kier alpha value is -0.540. The lowest BCUT2D eigenvalue weighted by molar-refractivity contribution is 0.415. The molecule has 1 aliphatic heterocycles. The molecule has 1 saturated heterocycles. The van der Waals surface area contributed by atoms with Gasteiger partial charge in [0.15, 0.2) is 0 Å². The highest BCUT2D eigenvalue weighted by molar-refractivity contribution is 7.99. The third kappa shape index (κ3) is 2.73. The second kappa shape index (κ2) is 4.99. The number of rotatable bonds is 3. The molecule has 0 spiro atoms. The van der Waals surface area contributed by atoms with E-state index in [0.29, 0.717) is 6.04 Å². The number of ether oxygens (including phenoxy) is 1. The molecule has 1 aromatic carbocycles. The van der Waals surface area contributed by atoms with Crippen molar-refractivity contribution in [2.45, 2.75) is 12.5 Å². The number of hydrogen-bond acceptors (Lipinski definition) is 3. The number of thioether (sulfide) groups is 1. The van der Waals surface area contributed by atoms with E-state index in [2.05, 4.69) is 5.32 Å². The van der Waals surface area contributed by atoms with Crippen LogP contribution in [0.25, 0.3) is 0 Å². The normalized spacial score (nSPS) is 20.3. The molecule has 2 rings (SSSR count). The smallest absolute Gasteiger partial charge is 0.120 e. The Balaban J connectivity index is 2.07. The summed E-state index contributed by atoms with van der Waals surface area (Å²) in [5.41, 5.74) is 1.00. The maximum Gasteiger partial charge on any atom is 0.120 e. The fourth-order valence-electron chi connectivity index (χ4n) is 1.61. The summed E-state index contributed by atoms with van der Waals surface area (Å²) < 4.78 is 5.10. The Labute approximate surface area is 99.3 Å². The molecule has 82 valence electrons. The molecule has 1 aromatic rings. The maximum absolute atomic E-state index is 6.14. The summed E-state index contributed by atoms with van der Waals surface area (Å²) in [6, 6.07) is 6.30. The molecule has 0 aliphatic carbocycles. The molecule has 0 aromatic heterocycles. The summed E-state index contributed by atoms with van der Waals surface area (Å²) >= 11 is 8.12. The Kier molecular flexibility index (Phi) is 3.65. The molecule has 1 fully saturated rings. The second-order valence-corrected chi connectivity index (χ2v) is 5.11. The van der Waals surface area contributed by atoms with Crippen molar-refractivity contribution in [1.29, 1.82) is 0 Å². The average Bonchev–Trinajstić information content (AvgIpc) is 2.74. The molecule has 0 amide bonds. The van der Waals surface area contributed by atoms with Gasteiger partial charge in [0.25, 0.3) is 0 Å². The van der Waals surface area contributed by atoms with Gasteiger partial charge in [0.05, 0.1) is 17.8 Å². The van der Waals surface area contributed by atoms with E-state index in [1.54, 1.807) is 7.11 Å². The Morgan fingerprint density at radius 2 is 2.40 bits per heavy atom. The van der Waals surface area contributed by atoms with E-state index in [9.17, 15) is 0 Å². The van der Waals surface area contributed by atoms with Crippen LogP contribution in [0.2, 0.25) is 5.02 Å².